The zero-order valence-electron chi connectivity index (χ0n) is 11.9. The average molecular weight is 286 g/mol. The van der Waals surface area contributed by atoms with Gasteiger partial charge in [0.1, 0.15) is 5.75 Å². The van der Waals surface area contributed by atoms with Crippen molar-refractivity contribution in [2.75, 3.05) is 20.3 Å². The van der Waals surface area contributed by atoms with Gasteiger partial charge in [-0.1, -0.05) is 6.07 Å². The summed E-state index contributed by atoms with van der Waals surface area (Å²) in [5.41, 5.74) is 1.49. The normalized spacial score (nSPS) is 10.2. The first-order valence-corrected chi connectivity index (χ1v) is 6.67. The van der Waals surface area contributed by atoms with Gasteiger partial charge < -0.3 is 14.7 Å². The molecule has 1 aromatic carbocycles. The molecule has 1 aromatic heterocycles. The van der Waals surface area contributed by atoms with E-state index in [0.717, 1.165) is 5.56 Å². The minimum atomic E-state index is -0.129. The highest BCUT2D eigenvalue weighted by Crippen LogP contribution is 2.14. The molecule has 110 valence electrons. The van der Waals surface area contributed by atoms with E-state index in [4.69, 9.17) is 9.84 Å². The lowest BCUT2D eigenvalue weighted by atomic mass is 10.1. The lowest BCUT2D eigenvalue weighted by Gasteiger charge is -2.22. The summed E-state index contributed by atoms with van der Waals surface area (Å²) in [6.07, 6.45) is 3.40. The Balaban J connectivity index is 2.14. The molecule has 5 heteroatoms. The summed E-state index contributed by atoms with van der Waals surface area (Å²) in [6.45, 7) is 0.612. The summed E-state index contributed by atoms with van der Waals surface area (Å²) in [4.78, 5) is 18.1. The highest BCUT2D eigenvalue weighted by molar-refractivity contribution is 5.94. The van der Waals surface area contributed by atoms with Crippen molar-refractivity contribution < 1.29 is 14.6 Å². The SMILES string of the molecule is COc1ccc(C(=O)N(CCO)Cc2cccnc2)cc1. The van der Waals surface area contributed by atoms with Crippen molar-refractivity contribution in [3.8, 4) is 5.75 Å². The van der Waals surface area contributed by atoms with Crippen LogP contribution in [-0.4, -0.2) is 41.2 Å². The van der Waals surface area contributed by atoms with Crippen molar-refractivity contribution in [2.24, 2.45) is 0 Å². The van der Waals surface area contributed by atoms with Gasteiger partial charge in [-0.25, -0.2) is 0 Å². The minimum absolute atomic E-state index is 0.0812. The summed E-state index contributed by atoms with van der Waals surface area (Å²) in [5.74, 6) is 0.572. The average Bonchev–Trinajstić information content (AvgIpc) is 2.55. The van der Waals surface area contributed by atoms with Crippen molar-refractivity contribution >= 4 is 5.91 Å². The quantitative estimate of drug-likeness (QED) is 0.878. The Hall–Kier alpha value is -2.40. The van der Waals surface area contributed by atoms with E-state index in [1.807, 2.05) is 12.1 Å². The zero-order valence-corrected chi connectivity index (χ0v) is 11.9. The first-order valence-electron chi connectivity index (χ1n) is 6.67. The molecule has 0 saturated carbocycles. The number of amides is 1. The molecule has 1 N–H and O–H groups in total. The lowest BCUT2D eigenvalue weighted by molar-refractivity contribution is 0.0707. The summed E-state index contributed by atoms with van der Waals surface area (Å²) in [7, 11) is 1.58. The van der Waals surface area contributed by atoms with Gasteiger partial charge in [-0.05, 0) is 35.9 Å². The van der Waals surface area contributed by atoms with Gasteiger partial charge >= 0.3 is 0 Å². The molecule has 5 nitrogen and oxygen atoms in total. The molecule has 1 amide bonds. The lowest BCUT2D eigenvalue weighted by Crippen LogP contribution is -2.33. The Kier molecular flexibility index (Phi) is 5.29. The van der Waals surface area contributed by atoms with Gasteiger partial charge in [0.05, 0.1) is 13.7 Å². The Labute approximate surface area is 123 Å². The number of aliphatic hydroxyl groups excluding tert-OH is 1. The van der Waals surface area contributed by atoms with E-state index in [9.17, 15) is 4.79 Å². The third-order valence-corrected chi connectivity index (χ3v) is 3.09. The number of benzene rings is 1. The minimum Gasteiger partial charge on any atom is -0.497 e. The Morgan fingerprint density at radius 3 is 2.62 bits per heavy atom. The fourth-order valence-electron chi connectivity index (χ4n) is 2.00. The van der Waals surface area contributed by atoms with Gasteiger partial charge in [0.2, 0.25) is 0 Å². The fraction of sp³-hybridized carbons (Fsp3) is 0.250. The third kappa shape index (κ3) is 4.03. The Morgan fingerprint density at radius 2 is 2.05 bits per heavy atom. The number of nitrogens with zero attached hydrogens (tertiary/aromatic N) is 2. The number of carbonyl (C=O) groups is 1. The van der Waals surface area contributed by atoms with Crippen LogP contribution in [0, 0.1) is 0 Å². The van der Waals surface area contributed by atoms with Crippen LogP contribution in [0.1, 0.15) is 15.9 Å². The zero-order chi connectivity index (χ0) is 15.1. The molecule has 0 aliphatic heterocycles. The van der Waals surface area contributed by atoms with Gasteiger partial charge in [0.15, 0.2) is 0 Å². The highest BCUT2D eigenvalue weighted by Gasteiger charge is 2.15. The van der Waals surface area contributed by atoms with Crippen molar-refractivity contribution in [1.29, 1.82) is 0 Å². The smallest absolute Gasteiger partial charge is 0.254 e. The molecule has 0 aliphatic rings. The first-order chi connectivity index (χ1) is 10.2. The van der Waals surface area contributed by atoms with Crippen LogP contribution < -0.4 is 4.74 Å². The second-order valence-corrected chi connectivity index (χ2v) is 4.54. The number of carbonyl (C=O) groups excluding carboxylic acids is 1. The number of hydrogen-bond acceptors (Lipinski definition) is 4. The van der Waals surface area contributed by atoms with E-state index in [1.54, 1.807) is 48.7 Å². The predicted molar refractivity (Wildman–Crippen MR) is 79.1 cm³/mol. The van der Waals surface area contributed by atoms with Crippen molar-refractivity contribution in [3.05, 3.63) is 59.9 Å². The summed E-state index contributed by atoms with van der Waals surface area (Å²) < 4.78 is 5.08. The third-order valence-electron chi connectivity index (χ3n) is 3.09. The Bertz CT molecular complexity index is 570. The number of hydrogen-bond donors (Lipinski definition) is 1. The Morgan fingerprint density at radius 1 is 1.29 bits per heavy atom. The van der Waals surface area contributed by atoms with Gasteiger partial charge in [0.25, 0.3) is 5.91 Å². The van der Waals surface area contributed by atoms with Crippen LogP contribution in [0.25, 0.3) is 0 Å². The van der Waals surface area contributed by atoms with E-state index in [0.29, 0.717) is 17.9 Å². The molecule has 0 radical (unpaired) electrons. The van der Waals surface area contributed by atoms with Crippen LogP contribution in [0.15, 0.2) is 48.8 Å². The van der Waals surface area contributed by atoms with Crippen LogP contribution in [0.2, 0.25) is 0 Å². The molecule has 0 bridgehead atoms. The number of methoxy groups -OCH3 is 1. The van der Waals surface area contributed by atoms with Gasteiger partial charge in [-0.15, -0.1) is 0 Å². The van der Waals surface area contributed by atoms with Crippen LogP contribution >= 0.6 is 0 Å². The molecule has 0 fully saturated rings. The largest absolute Gasteiger partial charge is 0.497 e. The molecule has 21 heavy (non-hydrogen) atoms. The monoisotopic (exact) mass is 286 g/mol. The van der Waals surface area contributed by atoms with E-state index in [1.165, 1.54) is 0 Å². The fourth-order valence-corrected chi connectivity index (χ4v) is 2.00. The number of aromatic nitrogens is 1. The standard InChI is InChI=1S/C16H18N2O3/c1-21-15-6-4-14(5-7-15)16(20)18(9-10-19)12-13-3-2-8-17-11-13/h2-8,11,19H,9-10,12H2,1H3. The molecule has 0 aliphatic carbocycles. The predicted octanol–water partition coefficient (Wildman–Crippen LogP) is 1.72. The maximum Gasteiger partial charge on any atom is 0.254 e. The van der Waals surface area contributed by atoms with Crippen LogP contribution in [0.4, 0.5) is 0 Å². The molecule has 0 saturated heterocycles. The van der Waals surface area contributed by atoms with E-state index < -0.39 is 0 Å². The molecule has 0 unspecified atom stereocenters. The van der Waals surface area contributed by atoms with E-state index >= 15 is 0 Å². The van der Waals surface area contributed by atoms with Crippen molar-refractivity contribution in [2.45, 2.75) is 6.54 Å². The second kappa shape index (κ2) is 7.40. The highest BCUT2D eigenvalue weighted by atomic mass is 16.5. The molecule has 1 heterocycles. The maximum absolute atomic E-state index is 12.5. The van der Waals surface area contributed by atoms with Gasteiger partial charge in [-0.2, -0.15) is 0 Å². The molecule has 2 aromatic rings. The molecule has 0 spiro atoms. The van der Waals surface area contributed by atoms with Crippen molar-refractivity contribution in [3.63, 3.8) is 0 Å². The number of aliphatic hydroxyl groups is 1. The maximum atomic E-state index is 12.5. The molecule has 0 atom stereocenters. The summed E-state index contributed by atoms with van der Waals surface area (Å²) >= 11 is 0. The number of rotatable bonds is 6. The van der Waals surface area contributed by atoms with E-state index in [-0.39, 0.29) is 19.1 Å². The number of pyridine rings is 1. The number of ether oxygens (including phenoxy) is 1. The molecular weight excluding hydrogens is 268 g/mol. The second-order valence-electron chi connectivity index (χ2n) is 4.54. The first kappa shape index (κ1) is 15.0. The molecule has 2 rings (SSSR count). The van der Waals surface area contributed by atoms with Crippen molar-refractivity contribution in [1.82, 2.24) is 9.88 Å². The summed E-state index contributed by atoms with van der Waals surface area (Å²) in [6, 6.07) is 10.6. The topological polar surface area (TPSA) is 62.7 Å². The van der Waals surface area contributed by atoms with Crippen LogP contribution in [0.5, 0.6) is 5.75 Å². The summed E-state index contributed by atoms with van der Waals surface area (Å²) in [5, 5.41) is 9.16. The van der Waals surface area contributed by atoms with Crippen LogP contribution in [-0.2, 0) is 6.54 Å². The van der Waals surface area contributed by atoms with Gasteiger partial charge in [0, 0.05) is 31.0 Å². The van der Waals surface area contributed by atoms with Gasteiger partial charge in [-0.3, -0.25) is 9.78 Å². The van der Waals surface area contributed by atoms with E-state index in [2.05, 4.69) is 4.98 Å². The van der Waals surface area contributed by atoms with Crippen LogP contribution in [0.3, 0.4) is 0 Å². The molecular formula is C16H18N2O3.